The number of aliphatic hydroxyl groups excluding tert-OH is 2. The lowest BCUT2D eigenvalue weighted by Crippen LogP contribution is -2.44. The van der Waals surface area contributed by atoms with Gasteiger partial charge in [-0.25, -0.2) is 23.1 Å². The molecule has 2 aromatic carbocycles. The molecule has 1 aliphatic rings. The lowest BCUT2D eigenvalue weighted by atomic mass is 9.94. The Bertz CT molecular complexity index is 1020. The van der Waals surface area contributed by atoms with Crippen LogP contribution in [-0.4, -0.2) is 50.1 Å². The number of ether oxygens (including phenoxy) is 1. The first-order valence-electron chi connectivity index (χ1n) is 11.8. The molecule has 0 aliphatic heterocycles. The number of aliphatic hydroxyl groups is 2. The van der Waals surface area contributed by atoms with Crippen molar-refractivity contribution in [3.63, 3.8) is 0 Å². The molecule has 3 N–H and O–H groups in total. The van der Waals surface area contributed by atoms with Crippen LogP contribution in [0.3, 0.4) is 0 Å². The summed E-state index contributed by atoms with van der Waals surface area (Å²) in [5.74, 6) is -0.292. The highest BCUT2D eigenvalue weighted by Crippen LogP contribution is 2.36. The van der Waals surface area contributed by atoms with Crippen molar-refractivity contribution >= 4 is 21.7 Å². The third-order valence-corrected chi connectivity index (χ3v) is 7.77. The molecule has 0 aromatic heterocycles. The van der Waals surface area contributed by atoms with E-state index >= 15 is 0 Å². The highest BCUT2D eigenvalue weighted by molar-refractivity contribution is 7.92. The van der Waals surface area contributed by atoms with E-state index in [2.05, 4.69) is 5.43 Å². The molecule has 0 spiro atoms. The number of nitrogens with one attached hydrogen (secondary N) is 1. The van der Waals surface area contributed by atoms with Crippen molar-refractivity contribution in [1.29, 1.82) is 0 Å². The number of carbonyl (C=O) groups is 1. The number of esters is 1. The second kappa shape index (κ2) is 12.3. The van der Waals surface area contributed by atoms with Crippen molar-refractivity contribution in [1.82, 2.24) is 5.43 Å². The second-order valence-corrected chi connectivity index (χ2v) is 10.6. The largest absolute Gasteiger partial charge is 0.460 e. The van der Waals surface area contributed by atoms with Crippen molar-refractivity contribution in [2.24, 2.45) is 5.92 Å². The normalized spacial score (nSPS) is 15.3. The summed E-state index contributed by atoms with van der Waals surface area (Å²) in [7, 11) is -3.57. The van der Waals surface area contributed by atoms with Gasteiger partial charge in [0.2, 0.25) is 10.0 Å². The lowest BCUT2D eigenvalue weighted by molar-refractivity contribution is 0.0433. The van der Waals surface area contributed by atoms with Crippen LogP contribution in [0.5, 0.6) is 0 Å². The van der Waals surface area contributed by atoms with Crippen molar-refractivity contribution < 1.29 is 28.2 Å². The van der Waals surface area contributed by atoms with Gasteiger partial charge in [-0.15, -0.1) is 0 Å². The number of sulfonamides is 1. The van der Waals surface area contributed by atoms with E-state index < -0.39 is 22.1 Å². The van der Waals surface area contributed by atoms with E-state index in [0.29, 0.717) is 24.2 Å². The highest BCUT2D eigenvalue weighted by atomic mass is 32.2. The molecule has 3 rings (SSSR count). The zero-order valence-electron chi connectivity index (χ0n) is 19.5. The van der Waals surface area contributed by atoms with E-state index in [1.807, 2.05) is 0 Å². The summed E-state index contributed by atoms with van der Waals surface area (Å²) in [6, 6.07) is 13.9. The van der Waals surface area contributed by atoms with Crippen molar-refractivity contribution in [2.75, 3.05) is 29.9 Å². The minimum Gasteiger partial charge on any atom is -0.460 e. The molecule has 9 heteroatoms. The lowest BCUT2D eigenvalue weighted by Gasteiger charge is -2.25. The monoisotopic (exact) mass is 490 g/mol. The van der Waals surface area contributed by atoms with Crippen LogP contribution in [0.25, 0.3) is 0 Å². The molecule has 1 unspecified atom stereocenters. The van der Waals surface area contributed by atoms with E-state index in [1.165, 1.54) is 4.41 Å². The van der Waals surface area contributed by atoms with Crippen LogP contribution < -0.4 is 9.84 Å². The Morgan fingerprint density at radius 2 is 1.76 bits per heavy atom. The number of nitrogens with zero attached hydrogens (tertiary/aromatic N) is 1. The molecule has 186 valence electrons. The van der Waals surface area contributed by atoms with Gasteiger partial charge in [0.05, 0.1) is 29.7 Å². The summed E-state index contributed by atoms with van der Waals surface area (Å²) in [6.07, 6.45) is 4.34. The van der Waals surface area contributed by atoms with Gasteiger partial charge in [-0.1, -0.05) is 37.1 Å². The number of hydrogen-bond donors (Lipinski definition) is 3. The molecule has 34 heavy (non-hydrogen) atoms. The molecule has 0 heterocycles. The number of rotatable bonds is 12. The van der Waals surface area contributed by atoms with E-state index in [9.17, 15) is 18.3 Å². The van der Waals surface area contributed by atoms with Crippen LogP contribution in [0.4, 0.5) is 5.69 Å². The Morgan fingerprint density at radius 1 is 1.12 bits per heavy atom. The van der Waals surface area contributed by atoms with Gasteiger partial charge in [-0.3, -0.25) is 0 Å². The van der Waals surface area contributed by atoms with E-state index in [0.717, 1.165) is 36.8 Å². The molecule has 1 saturated carbocycles. The molecule has 0 amide bonds. The SMILES string of the molecule is CCS(=O)(=O)N(NCCc1ccc(C(=O)OCCO)cc1)c1ccc(C(O)C2CCCC2)cc1. The predicted molar refractivity (Wildman–Crippen MR) is 131 cm³/mol. The number of benzene rings is 2. The smallest absolute Gasteiger partial charge is 0.338 e. The highest BCUT2D eigenvalue weighted by Gasteiger charge is 2.25. The quantitative estimate of drug-likeness (QED) is 0.309. The Balaban J connectivity index is 1.63. The predicted octanol–water partition coefficient (Wildman–Crippen LogP) is 2.96. The van der Waals surface area contributed by atoms with Gasteiger partial charge in [0.15, 0.2) is 0 Å². The average Bonchev–Trinajstić information content (AvgIpc) is 3.40. The summed E-state index contributed by atoms with van der Waals surface area (Å²) >= 11 is 0. The molecule has 1 fully saturated rings. The summed E-state index contributed by atoms with van der Waals surface area (Å²) in [5, 5.41) is 19.4. The van der Waals surface area contributed by atoms with Gasteiger partial charge in [0, 0.05) is 6.54 Å². The molecular weight excluding hydrogens is 456 g/mol. The van der Waals surface area contributed by atoms with Gasteiger partial charge >= 0.3 is 5.97 Å². The maximum absolute atomic E-state index is 12.7. The Labute approximate surface area is 201 Å². The van der Waals surface area contributed by atoms with Gasteiger partial charge in [-0.05, 0) is 67.5 Å². The molecular formula is C25H34N2O6S. The minimum atomic E-state index is -3.57. The maximum Gasteiger partial charge on any atom is 0.338 e. The molecule has 1 aliphatic carbocycles. The van der Waals surface area contributed by atoms with Crippen LogP contribution in [0.1, 0.15) is 60.2 Å². The first-order valence-corrected chi connectivity index (χ1v) is 13.4. The number of carbonyl (C=O) groups excluding carboxylic acids is 1. The zero-order chi connectivity index (χ0) is 24.6. The Kier molecular flexibility index (Phi) is 9.46. The van der Waals surface area contributed by atoms with E-state index in [-0.39, 0.29) is 24.9 Å². The first-order chi connectivity index (χ1) is 16.4. The van der Waals surface area contributed by atoms with Crippen LogP contribution in [0.15, 0.2) is 48.5 Å². The van der Waals surface area contributed by atoms with Gasteiger partial charge in [-0.2, -0.15) is 0 Å². The van der Waals surface area contributed by atoms with Crippen molar-refractivity contribution in [2.45, 2.75) is 45.1 Å². The standard InChI is InChI=1S/C25H34N2O6S/c1-2-34(31,32)27(23-13-11-21(12-14-23)24(29)20-5-3-4-6-20)26-16-15-19-7-9-22(10-8-19)25(30)33-18-17-28/h7-14,20,24,26,28-29H,2-6,15-18H2,1H3. The molecule has 8 nitrogen and oxygen atoms in total. The Hall–Kier alpha value is -2.46. The van der Waals surface area contributed by atoms with Crippen molar-refractivity contribution in [3.05, 3.63) is 65.2 Å². The van der Waals surface area contributed by atoms with E-state index in [4.69, 9.17) is 9.84 Å². The van der Waals surface area contributed by atoms with E-state index in [1.54, 1.807) is 55.5 Å². The molecule has 1 atom stereocenters. The number of hydrogen-bond acceptors (Lipinski definition) is 7. The fourth-order valence-corrected chi connectivity index (χ4v) is 5.15. The summed E-state index contributed by atoms with van der Waals surface area (Å²) in [4.78, 5) is 11.8. The first kappa shape index (κ1) is 26.2. The maximum atomic E-state index is 12.7. The molecule has 0 bridgehead atoms. The zero-order valence-corrected chi connectivity index (χ0v) is 20.3. The fourth-order valence-electron chi connectivity index (χ4n) is 4.16. The fraction of sp³-hybridized carbons (Fsp3) is 0.480. The molecule has 0 saturated heterocycles. The number of anilines is 1. The molecule has 0 radical (unpaired) electrons. The van der Waals surface area contributed by atoms with Gasteiger partial charge < -0.3 is 14.9 Å². The summed E-state index contributed by atoms with van der Waals surface area (Å²) in [5.41, 5.74) is 5.62. The van der Waals surface area contributed by atoms with Crippen LogP contribution in [-0.2, 0) is 21.2 Å². The Morgan fingerprint density at radius 3 is 2.35 bits per heavy atom. The molecule has 2 aromatic rings. The third kappa shape index (κ3) is 6.79. The van der Waals surface area contributed by atoms with Crippen molar-refractivity contribution in [3.8, 4) is 0 Å². The van der Waals surface area contributed by atoms with Gasteiger partial charge in [0.1, 0.15) is 6.61 Å². The topological polar surface area (TPSA) is 116 Å². The average molecular weight is 491 g/mol. The number of hydrazine groups is 1. The summed E-state index contributed by atoms with van der Waals surface area (Å²) < 4.78 is 31.5. The van der Waals surface area contributed by atoms with Gasteiger partial charge in [0.25, 0.3) is 0 Å². The van der Waals surface area contributed by atoms with Crippen LogP contribution >= 0.6 is 0 Å². The van der Waals surface area contributed by atoms with Crippen LogP contribution in [0.2, 0.25) is 0 Å². The van der Waals surface area contributed by atoms with Crippen LogP contribution in [0, 0.1) is 5.92 Å². The minimum absolute atomic E-state index is 0.0488. The summed E-state index contributed by atoms with van der Waals surface area (Å²) in [6.45, 7) is 1.68. The second-order valence-electron chi connectivity index (χ2n) is 8.46. The third-order valence-electron chi connectivity index (χ3n) is 6.14.